The molecule has 1 aromatic heterocycles. The molecule has 1 aliphatic heterocycles. The molecule has 0 spiro atoms. The number of aromatic amines is 1. The minimum Gasteiger partial charge on any atom is -0.341 e. The van der Waals surface area contributed by atoms with Crippen molar-refractivity contribution in [3.8, 4) is 0 Å². The lowest BCUT2D eigenvalue weighted by Crippen LogP contribution is -2.50. The summed E-state index contributed by atoms with van der Waals surface area (Å²) in [6.07, 6.45) is 2.45. The first-order valence-electron chi connectivity index (χ1n) is 8.76. The van der Waals surface area contributed by atoms with Crippen molar-refractivity contribution < 1.29 is 4.79 Å². The van der Waals surface area contributed by atoms with Crippen LogP contribution >= 0.6 is 0 Å². The van der Waals surface area contributed by atoms with Crippen molar-refractivity contribution in [2.75, 3.05) is 13.1 Å². The van der Waals surface area contributed by atoms with Gasteiger partial charge in [-0.2, -0.15) is 0 Å². The Hall–Kier alpha value is -2.08. The highest BCUT2D eigenvalue weighted by Crippen LogP contribution is 2.25. The maximum absolute atomic E-state index is 12.5. The molecule has 6 nitrogen and oxygen atoms in total. The predicted octanol–water partition coefficient (Wildman–Crippen LogP) is 1.87. The maximum Gasteiger partial charge on any atom is 0.326 e. The Morgan fingerprint density at radius 3 is 2.67 bits per heavy atom. The molecular weight excluding hydrogens is 304 g/mol. The Balaban J connectivity index is 1.72. The molecule has 2 aromatic rings. The number of nitrogens with one attached hydrogen (secondary N) is 1. The largest absolute Gasteiger partial charge is 0.341 e. The van der Waals surface area contributed by atoms with E-state index in [9.17, 15) is 9.59 Å². The van der Waals surface area contributed by atoms with Crippen LogP contribution in [0.3, 0.4) is 0 Å². The van der Waals surface area contributed by atoms with Gasteiger partial charge in [0.2, 0.25) is 5.91 Å². The number of fused-ring (bicyclic) bond motifs is 1. The lowest BCUT2D eigenvalue weighted by atomic mass is 9.97. The average Bonchev–Trinajstić information content (AvgIpc) is 2.95. The van der Waals surface area contributed by atoms with Gasteiger partial charge in [-0.05, 0) is 30.9 Å². The van der Waals surface area contributed by atoms with E-state index in [4.69, 9.17) is 5.73 Å². The average molecular weight is 330 g/mol. The van der Waals surface area contributed by atoms with Crippen molar-refractivity contribution >= 4 is 16.9 Å². The van der Waals surface area contributed by atoms with Crippen LogP contribution in [-0.2, 0) is 4.79 Å². The third-order valence-corrected chi connectivity index (χ3v) is 5.31. The minimum atomic E-state index is -0.428. The Bertz CT molecular complexity index is 771. The zero-order chi connectivity index (χ0) is 17.3. The summed E-state index contributed by atoms with van der Waals surface area (Å²) in [6, 6.07) is 7.43. The van der Waals surface area contributed by atoms with Crippen molar-refractivity contribution in [2.45, 2.75) is 45.2 Å². The van der Waals surface area contributed by atoms with Crippen LogP contribution in [-0.4, -0.2) is 39.5 Å². The molecule has 0 saturated carbocycles. The number of amides is 1. The number of benzene rings is 1. The lowest BCUT2D eigenvalue weighted by Gasteiger charge is -2.35. The molecule has 1 aliphatic rings. The van der Waals surface area contributed by atoms with Crippen LogP contribution in [0.1, 0.15) is 39.2 Å². The molecule has 1 amide bonds. The first-order valence-corrected chi connectivity index (χ1v) is 8.76. The molecule has 130 valence electrons. The molecular formula is C18H26N4O2. The van der Waals surface area contributed by atoms with Gasteiger partial charge in [0, 0.05) is 19.1 Å². The molecule has 2 heterocycles. The lowest BCUT2D eigenvalue weighted by molar-refractivity contribution is -0.135. The summed E-state index contributed by atoms with van der Waals surface area (Å²) >= 11 is 0. The van der Waals surface area contributed by atoms with Crippen LogP contribution in [0.2, 0.25) is 0 Å². The van der Waals surface area contributed by atoms with Crippen LogP contribution in [0.5, 0.6) is 0 Å². The number of nitrogens with two attached hydrogens (primary N) is 1. The Morgan fingerprint density at radius 1 is 1.33 bits per heavy atom. The second-order valence-corrected chi connectivity index (χ2v) is 6.79. The van der Waals surface area contributed by atoms with Gasteiger partial charge in [-0.1, -0.05) is 32.4 Å². The van der Waals surface area contributed by atoms with Crippen LogP contribution in [0, 0.1) is 5.92 Å². The van der Waals surface area contributed by atoms with Crippen molar-refractivity contribution in [1.82, 2.24) is 14.5 Å². The van der Waals surface area contributed by atoms with Crippen molar-refractivity contribution in [3.63, 3.8) is 0 Å². The fraction of sp³-hybridized carbons (Fsp3) is 0.556. The standard InChI is InChI=1S/C18H26N4O2/c1-3-12(2)16(19)17(23)21-10-8-13(9-11-21)22-15-7-5-4-6-14(15)20-18(22)24/h4-7,12-13,16H,3,8-11,19H2,1-2H3,(H,20,24)/t12-,16-/m1/s1. The third-order valence-electron chi connectivity index (χ3n) is 5.31. The first kappa shape index (κ1) is 16.8. The van der Waals surface area contributed by atoms with Crippen LogP contribution in [0.4, 0.5) is 0 Å². The van der Waals surface area contributed by atoms with E-state index < -0.39 is 6.04 Å². The number of nitrogens with zero attached hydrogens (tertiary/aromatic N) is 2. The molecule has 6 heteroatoms. The molecule has 0 radical (unpaired) electrons. The Kier molecular flexibility index (Phi) is 4.76. The molecule has 1 saturated heterocycles. The Morgan fingerprint density at radius 2 is 2.00 bits per heavy atom. The van der Waals surface area contributed by atoms with E-state index in [1.807, 2.05) is 47.6 Å². The number of carbonyl (C=O) groups excluding carboxylic acids is 1. The molecule has 0 unspecified atom stereocenters. The van der Waals surface area contributed by atoms with Gasteiger partial charge in [0.15, 0.2) is 0 Å². The number of para-hydroxylation sites is 2. The summed E-state index contributed by atoms with van der Waals surface area (Å²) in [5.74, 6) is 0.223. The molecule has 3 rings (SSSR count). The van der Waals surface area contributed by atoms with E-state index in [-0.39, 0.29) is 23.6 Å². The van der Waals surface area contributed by atoms with Crippen LogP contribution in [0.15, 0.2) is 29.1 Å². The van der Waals surface area contributed by atoms with Gasteiger partial charge >= 0.3 is 5.69 Å². The first-order chi connectivity index (χ1) is 11.5. The third kappa shape index (κ3) is 2.98. The fourth-order valence-electron chi connectivity index (χ4n) is 3.49. The van der Waals surface area contributed by atoms with Gasteiger partial charge in [0.25, 0.3) is 0 Å². The van der Waals surface area contributed by atoms with E-state index in [2.05, 4.69) is 4.98 Å². The van der Waals surface area contributed by atoms with Crippen LogP contribution < -0.4 is 11.4 Å². The molecule has 1 fully saturated rings. The van der Waals surface area contributed by atoms with E-state index in [1.165, 1.54) is 0 Å². The number of likely N-dealkylation sites (tertiary alicyclic amines) is 1. The van der Waals surface area contributed by atoms with Gasteiger partial charge in [-0.15, -0.1) is 0 Å². The van der Waals surface area contributed by atoms with E-state index in [1.54, 1.807) is 0 Å². The number of rotatable bonds is 4. The monoisotopic (exact) mass is 330 g/mol. The summed E-state index contributed by atoms with van der Waals surface area (Å²) in [5, 5.41) is 0. The number of carbonyl (C=O) groups is 1. The SMILES string of the molecule is CC[C@@H](C)[C@@H](N)C(=O)N1CCC(n2c(=O)[nH]c3ccccc32)CC1. The summed E-state index contributed by atoms with van der Waals surface area (Å²) in [5.41, 5.74) is 7.80. The zero-order valence-electron chi connectivity index (χ0n) is 14.4. The number of H-pyrrole nitrogens is 1. The smallest absolute Gasteiger partial charge is 0.326 e. The van der Waals surface area contributed by atoms with Crippen molar-refractivity contribution in [2.24, 2.45) is 11.7 Å². The molecule has 24 heavy (non-hydrogen) atoms. The van der Waals surface area contributed by atoms with E-state index >= 15 is 0 Å². The number of piperidine rings is 1. The molecule has 1 aromatic carbocycles. The quantitative estimate of drug-likeness (QED) is 0.897. The highest BCUT2D eigenvalue weighted by atomic mass is 16.2. The highest BCUT2D eigenvalue weighted by Gasteiger charge is 2.30. The number of hydrogen-bond donors (Lipinski definition) is 2. The van der Waals surface area contributed by atoms with Gasteiger partial charge in [0.05, 0.1) is 17.1 Å². The van der Waals surface area contributed by atoms with E-state index in [0.717, 1.165) is 30.3 Å². The molecule has 0 aliphatic carbocycles. The topological polar surface area (TPSA) is 84.1 Å². The minimum absolute atomic E-state index is 0.0362. The maximum atomic E-state index is 12.5. The normalized spacial score (nSPS) is 18.7. The van der Waals surface area contributed by atoms with E-state index in [0.29, 0.717) is 13.1 Å². The molecule has 0 bridgehead atoms. The van der Waals surface area contributed by atoms with Crippen molar-refractivity contribution in [1.29, 1.82) is 0 Å². The second kappa shape index (κ2) is 6.81. The van der Waals surface area contributed by atoms with Crippen LogP contribution in [0.25, 0.3) is 11.0 Å². The fourth-order valence-corrected chi connectivity index (χ4v) is 3.49. The summed E-state index contributed by atoms with van der Waals surface area (Å²) in [7, 11) is 0. The summed E-state index contributed by atoms with van der Waals surface area (Å²) < 4.78 is 1.84. The predicted molar refractivity (Wildman–Crippen MR) is 94.8 cm³/mol. The van der Waals surface area contributed by atoms with Gasteiger partial charge in [-0.3, -0.25) is 9.36 Å². The molecule has 3 N–H and O–H groups in total. The van der Waals surface area contributed by atoms with Gasteiger partial charge in [0.1, 0.15) is 0 Å². The number of imidazole rings is 1. The van der Waals surface area contributed by atoms with Gasteiger partial charge < -0.3 is 15.6 Å². The highest BCUT2D eigenvalue weighted by molar-refractivity contribution is 5.82. The molecule has 2 atom stereocenters. The zero-order valence-corrected chi connectivity index (χ0v) is 14.4. The van der Waals surface area contributed by atoms with Gasteiger partial charge in [-0.25, -0.2) is 4.79 Å². The number of aromatic nitrogens is 2. The Labute approximate surface area is 141 Å². The summed E-state index contributed by atoms with van der Waals surface area (Å²) in [4.78, 5) is 29.6. The number of hydrogen-bond acceptors (Lipinski definition) is 3. The second-order valence-electron chi connectivity index (χ2n) is 6.79. The van der Waals surface area contributed by atoms with Crippen molar-refractivity contribution in [3.05, 3.63) is 34.7 Å². The summed E-state index contributed by atoms with van der Waals surface area (Å²) in [6.45, 7) is 5.37.